The molecule has 0 aromatic heterocycles. The van der Waals surface area contributed by atoms with Gasteiger partial charge in [-0.05, 0) is 44.0 Å². The summed E-state index contributed by atoms with van der Waals surface area (Å²) >= 11 is 0. The average molecular weight is 263 g/mol. The van der Waals surface area contributed by atoms with Crippen LogP contribution in [-0.4, -0.2) is 31.8 Å². The average Bonchev–Trinajstić information content (AvgIpc) is 2.47. The van der Waals surface area contributed by atoms with Gasteiger partial charge in [0, 0.05) is 6.54 Å². The van der Waals surface area contributed by atoms with Crippen LogP contribution in [0.15, 0.2) is 24.3 Å². The van der Waals surface area contributed by atoms with E-state index in [-0.39, 0.29) is 5.97 Å². The highest BCUT2D eigenvalue weighted by Crippen LogP contribution is 2.11. The van der Waals surface area contributed by atoms with E-state index in [1.54, 1.807) is 19.1 Å². The van der Waals surface area contributed by atoms with Crippen molar-refractivity contribution in [3.63, 3.8) is 0 Å². The molecular formula is C15H21NO3. The van der Waals surface area contributed by atoms with Crippen LogP contribution in [0.1, 0.15) is 35.7 Å². The maximum atomic E-state index is 11.5. The molecule has 1 N–H and O–H groups in total. The molecule has 1 aliphatic rings. The Morgan fingerprint density at radius 3 is 2.79 bits per heavy atom. The third kappa shape index (κ3) is 4.33. The third-order valence-electron chi connectivity index (χ3n) is 3.20. The Kier molecular flexibility index (Phi) is 5.36. The van der Waals surface area contributed by atoms with Crippen molar-refractivity contribution < 1.29 is 14.3 Å². The van der Waals surface area contributed by atoms with E-state index < -0.39 is 0 Å². The Hall–Kier alpha value is -1.39. The lowest BCUT2D eigenvalue weighted by Crippen LogP contribution is -2.35. The fourth-order valence-electron chi connectivity index (χ4n) is 2.13. The smallest absolute Gasteiger partial charge is 0.338 e. The SMILES string of the molecule is CCOC(=O)c1ccc(COC2CCCNC2)cc1. The first kappa shape index (κ1) is 14.0. The largest absolute Gasteiger partial charge is 0.462 e. The first-order chi connectivity index (χ1) is 9.29. The molecule has 4 nitrogen and oxygen atoms in total. The number of nitrogens with one attached hydrogen (secondary N) is 1. The van der Waals surface area contributed by atoms with Gasteiger partial charge in [0.2, 0.25) is 0 Å². The van der Waals surface area contributed by atoms with Crippen LogP contribution >= 0.6 is 0 Å². The van der Waals surface area contributed by atoms with Gasteiger partial charge in [-0.3, -0.25) is 0 Å². The molecule has 1 aromatic rings. The van der Waals surface area contributed by atoms with Gasteiger partial charge < -0.3 is 14.8 Å². The summed E-state index contributed by atoms with van der Waals surface area (Å²) in [5.74, 6) is -0.272. The quantitative estimate of drug-likeness (QED) is 0.827. The summed E-state index contributed by atoms with van der Waals surface area (Å²) in [5.41, 5.74) is 1.67. The fraction of sp³-hybridized carbons (Fsp3) is 0.533. The summed E-state index contributed by atoms with van der Waals surface area (Å²) in [5, 5.41) is 3.32. The molecule has 0 saturated carbocycles. The van der Waals surface area contributed by atoms with Crippen LogP contribution < -0.4 is 5.32 Å². The molecular weight excluding hydrogens is 242 g/mol. The number of esters is 1. The van der Waals surface area contributed by atoms with Gasteiger partial charge in [0.1, 0.15) is 0 Å². The van der Waals surface area contributed by atoms with Gasteiger partial charge in [0.25, 0.3) is 0 Å². The van der Waals surface area contributed by atoms with E-state index in [1.165, 1.54) is 6.42 Å². The molecule has 1 unspecified atom stereocenters. The summed E-state index contributed by atoms with van der Waals surface area (Å²) < 4.78 is 10.8. The highest BCUT2D eigenvalue weighted by atomic mass is 16.5. The van der Waals surface area contributed by atoms with E-state index in [1.807, 2.05) is 12.1 Å². The first-order valence-electron chi connectivity index (χ1n) is 6.88. The second-order valence-corrected chi connectivity index (χ2v) is 4.70. The highest BCUT2D eigenvalue weighted by molar-refractivity contribution is 5.89. The molecule has 0 bridgehead atoms. The molecule has 1 atom stereocenters. The van der Waals surface area contributed by atoms with E-state index in [2.05, 4.69) is 5.32 Å². The summed E-state index contributed by atoms with van der Waals surface area (Å²) in [6, 6.07) is 7.41. The number of rotatable bonds is 5. The number of hydrogen-bond acceptors (Lipinski definition) is 4. The predicted octanol–water partition coefficient (Wildman–Crippen LogP) is 2.13. The van der Waals surface area contributed by atoms with Crippen LogP contribution in [0.5, 0.6) is 0 Å². The van der Waals surface area contributed by atoms with Gasteiger partial charge >= 0.3 is 5.97 Å². The Morgan fingerprint density at radius 2 is 2.16 bits per heavy atom. The molecule has 1 heterocycles. The van der Waals surface area contributed by atoms with Crippen LogP contribution in [0.2, 0.25) is 0 Å². The summed E-state index contributed by atoms with van der Waals surface area (Å²) in [6.45, 7) is 4.82. The Balaban J connectivity index is 1.82. The molecule has 1 aliphatic heterocycles. The second kappa shape index (κ2) is 7.26. The van der Waals surface area contributed by atoms with E-state index in [9.17, 15) is 4.79 Å². The minimum Gasteiger partial charge on any atom is -0.462 e. The van der Waals surface area contributed by atoms with Crippen molar-refractivity contribution in [3.8, 4) is 0 Å². The van der Waals surface area contributed by atoms with Crippen molar-refractivity contribution >= 4 is 5.97 Å². The zero-order chi connectivity index (χ0) is 13.5. The van der Waals surface area contributed by atoms with E-state index in [0.29, 0.717) is 24.9 Å². The molecule has 0 spiro atoms. The number of benzene rings is 1. The van der Waals surface area contributed by atoms with Gasteiger partial charge in [0.05, 0.1) is 24.9 Å². The molecule has 0 amide bonds. The number of carbonyl (C=O) groups excluding carboxylic acids is 1. The Bertz CT molecular complexity index is 396. The molecule has 1 saturated heterocycles. The lowest BCUT2D eigenvalue weighted by molar-refractivity contribution is 0.0252. The van der Waals surface area contributed by atoms with Gasteiger partial charge in [-0.1, -0.05) is 12.1 Å². The van der Waals surface area contributed by atoms with E-state index in [4.69, 9.17) is 9.47 Å². The van der Waals surface area contributed by atoms with Crippen molar-refractivity contribution in [2.45, 2.75) is 32.5 Å². The lowest BCUT2D eigenvalue weighted by Gasteiger charge is -2.23. The van der Waals surface area contributed by atoms with Crippen LogP contribution in [0.4, 0.5) is 0 Å². The highest BCUT2D eigenvalue weighted by Gasteiger charge is 2.13. The molecule has 4 heteroatoms. The van der Waals surface area contributed by atoms with Gasteiger partial charge in [-0.2, -0.15) is 0 Å². The molecule has 19 heavy (non-hydrogen) atoms. The normalized spacial score (nSPS) is 19.1. The van der Waals surface area contributed by atoms with Crippen molar-refractivity contribution in [1.29, 1.82) is 0 Å². The molecule has 0 radical (unpaired) electrons. The summed E-state index contributed by atoms with van der Waals surface area (Å²) in [4.78, 5) is 11.5. The van der Waals surface area contributed by atoms with Gasteiger partial charge in [-0.25, -0.2) is 4.79 Å². The van der Waals surface area contributed by atoms with Gasteiger partial charge in [0.15, 0.2) is 0 Å². The van der Waals surface area contributed by atoms with Crippen molar-refractivity contribution in [2.24, 2.45) is 0 Å². The zero-order valence-electron chi connectivity index (χ0n) is 11.4. The van der Waals surface area contributed by atoms with E-state index >= 15 is 0 Å². The van der Waals surface area contributed by atoms with Crippen LogP contribution in [-0.2, 0) is 16.1 Å². The number of hydrogen-bond donors (Lipinski definition) is 1. The lowest BCUT2D eigenvalue weighted by atomic mass is 10.1. The van der Waals surface area contributed by atoms with Crippen LogP contribution in [0, 0.1) is 0 Å². The minimum absolute atomic E-state index is 0.272. The second-order valence-electron chi connectivity index (χ2n) is 4.70. The molecule has 2 rings (SSSR count). The van der Waals surface area contributed by atoms with Crippen molar-refractivity contribution in [3.05, 3.63) is 35.4 Å². The monoisotopic (exact) mass is 263 g/mol. The standard InChI is InChI=1S/C15H21NO3/c1-2-18-15(17)13-7-5-12(6-8-13)11-19-14-4-3-9-16-10-14/h5-8,14,16H,2-4,9-11H2,1H3. The predicted molar refractivity (Wildman–Crippen MR) is 73.1 cm³/mol. The Labute approximate surface area is 114 Å². The minimum atomic E-state index is -0.272. The van der Waals surface area contributed by atoms with Crippen LogP contribution in [0.3, 0.4) is 0 Å². The molecule has 1 fully saturated rings. The number of piperidine rings is 1. The summed E-state index contributed by atoms with van der Waals surface area (Å²) in [6.07, 6.45) is 2.60. The molecule has 0 aliphatic carbocycles. The Morgan fingerprint density at radius 1 is 1.37 bits per heavy atom. The maximum absolute atomic E-state index is 11.5. The summed E-state index contributed by atoms with van der Waals surface area (Å²) in [7, 11) is 0. The molecule has 1 aromatic carbocycles. The topological polar surface area (TPSA) is 47.6 Å². The maximum Gasteiger partial charge on any atom is 0.338 e. The van der Waals surface area contributed by atoms with Crippen molar-refractivity contribution in [2.75, 3.05) is 19.7 Å². The van der Waals surface area contributed by atoms with Gasteiger partial charge in [-0.15, -0.1) is 0 Å². The molecule has 104 valence electrons. The van der Waals surface area contributed by atoms with Crippen molar-refractivity contribution in [1.82, 2.24) is 5.32 Å². The fourth-order valence-corrected chi connectivity index (χ4v) is 2.13. The third-order valence-corrected chi connectivity index (χ3v) is 3.20. The van der Waals surface area contributed by atoms with Crippen LogP contribution in [0.25, 0.3) is 0 Å². The zero-order valence-corrected chi connectivity index (χ0v) is 11.4. The first-order valence-corrected chi connectivity index (χ1v) is 6.88. The van der Waals surface area contributed by atoms with E-state index in [0.717, 1.165) is 25.1 Å². The number of carbonyl (C=O) groups is 1. The number of ether oxygens (including phenoxy) is 2.